The van der Waals surface area contributed by atoms with E-state index in [1.807, 2.05) is 37.9 Å². The molecule has 0 bridgehead atoms. The van der Waals surface area contributed by atoms with Crippen LogP contribution in [0, 0.1) is 18.7 Å². The third-order valence-corrected chi connectivity index (χ3v) is 4.08. The van der Waals surface area contributed by atoms with Gasteiger partial charge in [0, 0.05) is 17.4 Å². The summed E-state index contributed by atoms with van der Waals surface area (Å²) in [5.74, 6) is 2.60. The summed E-state index contributed by atoms with van der Waals surface area (Å²) in [7, 11) is 1.89. The zero-order valence-electron chi connectivity index (χ0n) is 11.1. The van der Waals surface area contributed by atoms with E-state index < -0.39 is 0 Å². The molecule has 0 aliphatic heterocycles. The molecule has 0 spiro atoms. The first kappa shape index (κ1) is 14.5. The van der Waals surface area contributed by atoms with E-state index in [-0.39, 0.29) is 11.9 Å². The van der Waals surface area contributed by atoms with Crippen LogP contribution in [-0.2, 0) is 0 Å². The molecule has 1 unspecified atom stereocenters. The third-order valence-electron chi connectivity index (χ3n) is 2.61. The molecule has 1 rings (SSSR count). The van der Waals surface area contributed by atoms with Crippen molar-refractivity contribution >= 4 is 11.8 Å². The molecule has 1 aromatic rings. The van der Waals surface area contributed by atoms with Crippen molar-refractivity contribution in [3.05, 3.63) is 35.1 Å². The molecule has 1 nitrogen and oxygen atoms in total. The van der Waals surface area contributed by atoms with Gasteiger partial charge in [0.05, 0.1) is 0 Å². The van der Waals surface area contributed by atoms with Gasteiger partial charge < -0.3 is 5.32 Å². The van der Waals surface area contributed by atoms with E-state index in [4.69, 9.17) is 0 Å². The van der Waals surface area contributed by atoms with Gasteiger partial charge in [-0.3, -0.25) is 0 Å². The minimum Gasteiger partial charge on any atom is -0.312 e. The van der Waals surface area contributed by atoms with E-state index in [1.54, 1.807) is 6.07 Å². The Hall–Kier alpha value is -0.540. The molecule has 0 heterocycles. The molecule has 1 N–H and O–H groups in total. The Labute approximate surface area is 108 Å². The maximum Gasteiger partial charge on any atom is 0.128 e. The van der Waals surface area contributed by atoms with Crippen molar-refractivity contribution in [3.63, 3.8) is 0 Å². The van der Waals surface area contributed by atoms with E-state index in [0.717, 1.165) is 22.6 Å². The Morgan fingerprint density at radius 2 is 2.00 bits per heavy atom. The van der Waals surface area contributed by atoms with E-state index in [1.165, 1.54) is 0 Å². The van der Waals surface area contributed by atoms with Gasteiger partial charge in [-0.25, -0.2) is 4.39 Å². The third kappa shape index (κ3) is 4.68. The number of rotatable bonds is 6. The highest BCUT2D eigenvalue weighted by Crippen LogP contribution is 2.23. The van der Waals surface area contributed by atoms with Crippen molar-refractivity contribution in [3.8, 4) is 0 Å². The Balaban J connectivity index is 2.68. The van der Waals surface area contributed by atoms with Crippen molar-refractivity contribution in [1.82, 2.24) is 5.32 Å². The van der Waals surface area contributed by atoms with Crippen molar-refractivity contribution < 1.29 is 4.39 Å². The van der Waals surface area contributed by atoms with Crippen LogP contribution < -0.4 is 5.32 Å². The number of halogens is 1. The molecule has 96 valence electrons. The maximum atomic E-state index is 13.7. The van der Waals surface area contributed by atoms with Crippen LogP contribution in [0.15, 0.2) is 18.2 Å². The fourth-order valence-electron chi connectivity index (χ4n) is 1.68. The van der Waals surface area contributed by atoms with Crippen LogP contribution in [0.1, 0.15) is 31.0 Å². The molecule has 1 aromatic carbocycles. The topological polar surface area (TPSA) is 12.0 Å². The lowest BCUT2D eigenvalue weighted by Crippen LogP contribution is -2.20. The first-order valence-electron chi connectivity index (χ1n) is 6.05. The molecular formula is C14H22FNS. The SMILES string of the molecule is CNC(CSCC(C)C)c1cc(C)ccc1F. The molecule has 0 saturated heterocycles. The summed E-state index contributed by atoms with van der Waals surface area (Å²) >= 11 is 1.87. The Bertz CT molecular complexity index is 352. The molecule has 0 aromatic heterocycles. The highest BCUT2D eigenvalue weighted by atomic mass is 32.2. The predicted octanol–water partition coefficient (Wildman–Crippen LogP) is 3.78. The molecule has 17 heavy (non-hydrogen) atoms. The van der Waals surface area contributed by atoms with E-state index in [0.29, 0.717) is 5.92 Å². The molecule has 0 aliphatic rings. The number of hydrogen-bond acceptors (Lipinski definition) is 2. The largest absolute Gasteiger partial charge is 0.312 e. The predicted molar refractivity (Wildman–Crippen MR) is 75.1 cm³/mol. The number of thioether (sulfide) groups is 1. The number of benzene rings is 1. The molecule has 3 heteroatoms. The van der Waals surface area contributed by atoms with Crippen LogP contribution >= 0.6 is 11.8 Å². The highest BCUT2D eigenvalue weighted by molar-refractivity contribution is 7.99. The Kier molecular flexibility index (Phi) is 6.00. The lowest BCUT2D eigenvalue weighted by atomic mass is 10.1. The van der Waals surface area contributed by atoms with Crippen LogP contribution in [0.25, 0.3) is 0 Å². The van der Waals surface area contributed by atoms with Gasteiger partial charge in [-0.2, -0.15) is 11.8 Å². The molecule has 0 radical (unpaired) electrons. The summed E-state index contributed by atoms with van der Waals surface area (Å²) in [6.45, 7) is 6.40. The second-order valence-corrected chi connectivity index (χ2v) is 5.87. The van der Waals surface area contributed by atoms with Gasteiger partial charge in [-0.05, 0) is 31.7 Å². The fraction of sp³-hybridized carbons (Fsp3) is 0.571. The second kappa shape index (κ2) is 7.02. The first-order valence-corrected chi connectivity index (χ1v) is 7.21. The van der Waals surface area contributed by atoms with Gasteiger partial charge in [-0.1, -0.05) is 31.5 Å². The molecule has 0 saturated carbocycles. The van der Waals surface area contributed by atoms with E-state index in [2.05, 4.69) is 19.2 Å². The number of aryl methyl sites for hydroxylation is 1. The molecule has 1 atom stereocenters. The monoisotopic (exact) mass is 255 g/mol. The average molecular weight is 255 g/mol. The van der Waals surface area contributed by atoms with Gasteiger partial charge in [0.15, 0.2) is 0 Å². The summed E-state index contributed by atoms with van der Waals surface area (Å²) in [6.07, 6.45) is 0. The van der Waals surface area contributed by atoms with Gasteiger partial charge in [0.1, 0.15) is 5.82 Å². The van der Waals surface area contributed by atoms with Gasteiger partial charge in [0.2, 0.25) is 0 Å². The molecule has 0 amide bonds. The standard InChI is InChI=1S/C14H22FNS/c1-10(2)8-17-9-14(16-4)12-7-11(3)5-6-13(12)15/h5-7,10,14,16H,8-9H2,1-4H3. The van der Waals surface area contributed by atoms with Crippen molar-refractivity contribution in [2.75, 3.05) is 18.6 Å². The quantitative estimate of drug-likeness (QED) is 0.830. The van der Waals surface area contributed by atoms with Gasteiger partial charge in [-0.15, -0.1) is 0 Å². The lowest BCUT2D eigenvalue weighted by molar-refractivity contribution is 0.564. The lowest BCUT2D eigenvalue weighted by Gasteiger charge is -2.18. The van der Waals surface area contributed by atoms with Crippen LogP contribution in [0.3, 0.4) is 0 Å². The van der Waals surface area contributed by atoms with Crippen LogP contribution in [0.2, 0.25) is 0 Å². The zero-order chi connectivity index (χ0) is 12.8. The minimum atomic E-state index is -0.111. The normalized spacial score (nSPS) is 13.1. The summed E-state index contributed by atoms with van der Waals surface area (Å²) in [5.41, 5.74) is 1.89. The minimum absolute atomic E-state index is 0.0960. The van der Waals surface area contributed by atoms with Gasteiger partial charge in [0.25, 0.3) is 0 Å². The first-order chi connectivity index (χ1) is 8.04. The average Bonchev–Trinajstić information content (AvgIpc) is 2.28. The molecule has 0 fully saturated rings. The summed E-state index contributed by atoms with van der Waals surface area (Å²) < 4.78 is 13.7. The number of hydrogen-bond donors (Lipinski definition) is 1. The summed E-state index contributed by atoms with van der Waals surface area (Å²) in [6, 6.07) is 5.40. The van der Waals surface area contributed by atoms with E-state index >= 15 is 0 Å². The van der Waals surface area contributed by atoms with Crippen LogP contribution in [-0.4, -0.2) is 18.6 Å². The Morgan fingerprint density at radius 3 is 2.59 bits per heavy atom. The van der Waals surface area contributed by atoms with Gasteiger partial charge >= 0.3 is 0 Å². The Morgan fingerprint density at radius 1 is 1.29 bits per heavy atom. The fourth-order valence-corrected chi connectivity index (χ4v) is 2.87. The van der Waals surface area contributed by atoms with Crippen molar-refractivity contribution in [1.29, 1.82) is 0 Å². The zero-order valence-corrected chi connectivity index (χ0v) is 11.9. The molecule has 0 aliphatic carbocycles. The van der Waals surface area contributed by atoms with E-state index in [9.17, 15) is 4.39 Å². The maximum absolute atomic E-state index is 13.7. The number of nitrogens with one attached hydrogen (secondary N) is 1. The summed E-state index contributed by atoms with van der Waals surface area (Å²) in [4.78, 5) is 0. The summed E-state index contributed by atoms with van der Waals surface area (Å²) in [5, 5.41) is 3.20. The van der Waals surface area contributed by atoms with Crippen molar-refractivity contribution in [2.45, 2.75) is 26.8 Å². The molecular weight excluding hydrogens is 233 g/mol. The van der Waals surface area contributed by atoms with Crippen LogP contribution in [0.5, 0.6) is 0 Å². The second-order valence-electron chi connectivity index (χ2n) is 4.80. The van der Waals surface area contributed by atoms with Crippen molar-refractivity contribution in [2.24, 2.45) is 5.92 Å². The van der Waals surface area contributed by atoms with Crippen LogP contribution in [0.4, 0.5) is 4.39 Å². The highest BCUT2D eigenvalue weighted by Gasteiger charge is 2.14. The smallest absolute Gasteiger partial charge is 0.128 e.